The van der Waals surface area contributed by atoms with E-state index in [0.717, 1.165) is 12.3 Å². The quantitative estimate of drug-likeness (QED) is 0.765. The molecule has 0 bridgehead atoms. The molecule has 2 atom stereocenters. The van der Waals surface area contributed by atoms with E-state index >= 15 is 0 Å². The number of furan rings is 1. The van der Waals surface area contributed by atoms with Gasteiger partial charge in [0.25, 0.3) is 0 Å². The second-order valence-electron chi connectivity index (χ2n) is 3.79. The predicted octanol–water partition coefficient (Wildman–Crippen LogP) is 1.01. The van der Waals surface area contributed by atoms with Crippen LogP contribution in [0.3, 0.4) is 0 Å². The molecule has 1 N–H and O–H groups in total. The molecule has 1 aliphatic heterocycles. The number of aliphatic carboxylic acids is 1. The van der Waals surface area contributed by atoms with Crippen molar-refractivity contribution >= 4 is 5.97 Å². The Morgan fingerprint density at radius 2 is 2.43 bits per heavy atom. The van der Waals surface area contributed by atoms with Gasteiger partial charge in [-0.1, -0.05) is 0 Å². The molecule has 4 heteroatoms. The van der Waals surface area contributed by atoms with Crippen LogP contribution in [0.1, 0.15) is 11.7 Å². The summed E-state index contributed by atoms with van der Waals surface area (Å²) in [5, 5.41) is 9.03. The summed E-state index contributed by atoms with van der Waals surface area (Å²) >= 11 is 0. The highest BCUT2D eigenvalue weighted by Gasteiger charge is 2.38. The maximum absolute atomic E-state index is 11.0. The van der Waals surface area contributed by atoms with Crippen molar-refractivity contribution < 1.29 is 14.3 Å². The summed E-state index contributed by atoms with van der Waals surface area (Å²) in [6.07, 6.45) is 1.59. The van der Waals surface area contributed by atoms with Gasteiger partial charge in [0, 0.05) is 19.0 Å². The van der Waals surface area contributed by atoms with Crippen LogP contribution < -0.4 is 0 Å². The van der Waals surface area contributed by atoms with Crippen molar-refractivity contribution in [2.45, 2.75) is 5.92 Å². The first-order valence-corrected chi connectivity index (χ1v) is 4.63. The molecule has 0 aliphatic carbocycles. The standard InChI is InChI=1S/C10H13NO3/c1-11-5-7(8(6-11)10(12)13)9-3-2-4-14-9/h2-4,7-8H,5-6H2,1H3,(H,12,13). The smallest absolute Gasteiger partial charge is 0.308 e. The van der Waals surface area contributed by atoms with E-state index < -0.39 is 5.97 Å². The highest BCUT2D eigenvalue weighted by molar-refractivity contribution is 5.72. The van der Waals surface area contributed by atoms with Gasteiger partial charge in [-0.2, -0.15) is 0 Å². The molecule has 1 fully saturated rings. The van der Waals surface area contributed by atoms with E-state index in [1.807, 2.05) is 18.0 Å². The SMILES string of the molecule is CN1CC(C(=O)O)C(c2ccco2)C1. The maximum Gasteiger partial charge on any atom is 0.308 e. The van der Waals surface area contributed by atoms with Crippen LogP contribution in [0.25, 0.3) is 0 Å². The summed E-state index contributed by atoms with van der Waals surface area (Å²) in [5.74, 6) is -0.309. The number of carboxylic acids is 1. The van der Waals surface area contributed by atoms with E-state index in [-0.39, 0.29) is 11.8 Å². The summed E-state index contributed by atoms with van der Waals surface area (Å²) in [6, 6.07) is 3.65. The van der Waals surface area contributed by atoms with E-state index in [1.165, 1.54) is 0 Å². The van der Waals surface area contributed by atoms with E-state index in [1.54, 1.807) is 12.3 Å². The van der Waals surface area contributed by atoms with Crippen molar-refractivity contribution in [1.82, 2.24) is 4.90 Å². The highest BCUT2D eigenvalue weighted by Crippen LogP contribution is 2.32. The fourth-order valence-corrected chi connectivity index (χ4v) is 2.04. The first kappa shape index (κ1) is 9.27. The van der Waals surface area contributed by atoms with Crippen LogP contribution in [-0.4, -0.2) is 36.1 Å². The third kappa shape index (κ3) is 1.53. The molecule has 76 valence electrons. The number of rotatable bonds is 2. The number of likely N-dealkylation sites (tertiary alicyclic amines) is 1. The van der Waals surface area contributed by atoms with Crippen molar-refractivity contribution in [3.8, 4) is 0 Å². The Hall–Kier alpha value is -1.29. The summed E-state index contributed by atoms with van der Waals surface area (Å²) in [5.41, 5.74) is 0. The lowest BCUT2D eigenvalue weighted by Crippen LogP contribution is -2.21. The van der Waals surface area contributed by atoms with Crippen LogP contribution in [0.15, 0.2) is 22.8 Å². The Kier molecular flexibility index (Phi) is 2.29. The molecule has 1 aromatic rings. The Bertz CT molecular complexity index is 320. The third-order valence-electron chi connectivity index (χ3n) is 2.73. The van der Waals surface area contributed by atoms with Gasteiger partial charge < -0.3 is 14.4 Å². The Morgan fingerprint density at radius 3 is 3.00 bits per heavy atom. The van der Waals surface area contributed by atoms with Crippen molar-refractivity contribution in [3.63, 3.8) is 0 Å². The van der Waals surface area contributed by atoms with Crippen molar-refractivity contribution in [2.24, 2.45) is 5.92 Å². The molecule has 14 heavy (non-hydrogen) atoms. The highest BCUT2D eigenvalue weighted by atomic mass is 16.4. The number of carboxylic acid groups (broad SMARTS) is 1. The zero-order valence-corrected chi connectivity index (χ0v) is 8.01. The molecule has 4 nitrogen and oxygen atoms in total. The molecule has 0 radical (unpaired) electrons. The van der Waals surface area contributed by atoms with E-state index in [9.17, 15) is 4.79 Å². The molecule has 2 rings (SSSR count). The van der Waals surface area contributed by atoms with Crippen LogP contribution in [0.5, 0.6) is 0 Å². The predicted molar refractivity (Wildman–Crippen MR) is 50.1 cm³/mol. The molecule has 0 amide bonds. The second kappa shape index (κ2) is 3.46. The van der Waals surface area contributed by atoms with E-state index in [0.29, 0.717) is 6.54 Å². The molecule has 0 spiro atoms. The Labute approximate surface area is 82.1 Å². The zero-order chi connectivity index (χ0) is 10.1. The van der Waals surface area contributed by atoms with Gasteiger partial charge in [-0.15, -0.1) is 0 Å². The van der Waals surface area contributed by atoms with Crippen molar-refractivity contribution in [1.29, 1.82) is 0 Å². The Balaban J connectivity index is 2.21. The van der Waals surface area contributed by atoms with Crippen LogP contribution in [0.4, 0.5) is 0 Å². The first-order chi connectivity index (χ1) is 6.68. The Morgan fingerprint density at radius 1 is 1.64 bits per heavy atom. The van der Waals surface area contributed by atoms with Crippen LogP contribution >= 0.6 is 0 Å². The number of carbonyl (C=O) groups is 1. The summed E-state index contributed by atoms with van der Waals surface area (Å²) in [6.45, 7) is 1.35. The third-order valence-corrected chi connectivity index (χ3v) is 2.73. The van der Waals surface area contributed by atoms with Crippen LogP contribution in [-0.2, 0) is 4.79 Å². The average molecular weight is 195 g/mol. The van der Waals surface area contributed by atoms with E-state index in [4.69, 9.17) is 9.52 Å². The minimum atomic E-state index is -0.740. The maximum atomic E-state index is 11.0. The lowest BCUT2D eigenvalue weighted by atomic mass is 9.94. The van der Waals surface area contributed by atoms with Gasteiger partial charge in [-0.25, -0.2) is 0 Å². The van der Waals surface area contributed by atoms with Gasteiger partial charge in [-0.05, 0) is 19.2 Å². The van der Waals surface area contributed by atoms with Crippen molar-refractivity contribution in [3.05, 3.63) is 24.2 Å². The zero-order valence-electron chi connectivity index (χ0n) is 8.01. The topological polar surface area (TPSA) is 53.7 Å². The number of likely N-dealkylation sites (N-methyl/N-ethyl adjacent to an activating group) is 1. The monoisotopic (exact) mass is 195 g/mol. The second-order valence-corrected chi connectivity index (χ2v) is 3.79. The van der Waals surface area contributed by atoms with Gasteiger partial charge in [0.1, 0.15) is 5.76 Å². The van der Waals surface area contributed by atoms with Crippen LogP contribution in [0.2, 0.25) is 0 Å². The normalized spacial score (nSPS) is 28.1. The molecule has 1 saturated heterocycles. The average Bonchev–Trinajstić information content (AvgIpc) is 2.70. The summed E-state index contributed by atoms with van der Waals surface area (Å²) in [7, 11) is 1.93. The van der Waals surface area contributed by atoms with Gasteiger partial charge >= 0.3 is 5.97 Å². The van der Waals surface area contributed by atoms with E-state index in [2.05, 4.69) is 0 Å². The van der Waals surface area contributed by atoms with Crippen molar-refractivity contribution in [2.75, 3.05) is 20.1 Å². The fourth-order valence-electron chi connectivity index (χ4n) is 2.04. The summed E-state index contributed by atoms with van der Waals surface area (Å²) in [4.78, 5) is 13.0. The van der Waals surface area contributed by atoms with Gasteiger partial charge in [0.05, 0.1) is 12.2 Å². The molecule has 0 saturated carbocycles. The fraction of sp³-hybridized carbons (Fsp3) is 0.500. The van der Waals surface area contributed by atoms with Gasteiger partial charge in [0.15, 0.2) is 0 Å². The molecule has 1 aliphatic rings. The number of hydrogen-bond donors (Lipinski definition) is 1. The molecular formula is C10H13NO3. The van der Waals surface area contributed by atoms with Gasteiger partial charge in [0.2, 0.25) is 0 Å². The first-order valence-electron chi connectivity index (χ1n) is 4.63. The lowest BCUT2D eigenvalue weighted by Gasteiger charge is -2.10. The lowest BCUT2D eigenvalue weighted by molar-refractivity contribution is -0.141. The summed E-state index contributed by atoms with van der Waals surface area (Å²) < 4.78 is 5.26. The largest absolute Gasteiger partial charge is 0.481 e. The van der Waals surface area contributed by atoms with Crippen LogP contribution in [0, 0.1) is 5.92 Å². The molecule has 1 aromatic heterocycles. The molecular weight excluding hydrogens is 182 g/mol. The minimum Gasteiger partial charge on any atom is -0.481 e. The molecule has 2 unspecified atom stereocenters. The molecule has 0 aromatic carbocycles. The number of nitrogens with zero attached hydrogens (tertiary/aromatic N) is 1. The molecule has 2 heterocycles. The minimum absolute atomic E-state index is 0.00694. The number of hydrogen-bond acceptors (Lipinski definition) is 3. The van der Waals surface area contributed by atoms with Gasteiger partial charge in [-0.3, -0.25) is 4.79 Å².